The molecule has 0 amide bonds. The Bertz CT molecular complexity index is 358. The monoisotopic (exact) mass is 221 g/mol. The van der Waals surface area contributed by atoms with Crippen molar-refractivity contribution in [2.45, 2.75) is 40.2 Å². The van der Waals surface area contributed by atoms with E-state index in [9.17, 15) is 0 Å². The van der Waals surface area contributed by atoms with E-state index in [-0.39, 0.29) is 6.04 Å². The van der Waals surface area contributed by atoms with Crippen LogP contribution >= 0.6 is 0 Å². The van der Waals surface area contributed by atoms with E-state index in [0.717, 1.165) is 12.2 Å². The van der Waals surface area contributed by atoms with E-state index in [1.807, 2.05) is 0 Å². The molecular formula is C14H23NO. The molecule has 0 heterocycles. The highest BCUT2D eigenvalue weighted by molar-refractivity contribution is 5.44. The highest BCUT2D eigenvalue weighted by atomic mass is 16.5. The van der Waals surface area contributed by atoms with Crippen molar-refractivity contribution in [3.8, 4) is 5.75 Å². The van der Waals surface area contributed by atoms with Crippen LogP contribution in [0.25, 0.3) is 0 Å². The van der Waals surface area contributed by atoms with Crippen molar-refractivity contribution in [3.05, 3.63) is 28.8 Å². The van der Waals surface area contributed by atoms with Gasteiger partial charge in [-0.25, -0.2) is 0 Å². The highest BCUT2D eigenvalue weighted by Crippen LogP contribution is 2.26. The maximum Gasteiger partial charge on any atom is 0.125 e. The zero-order chi connectivity index (χ0) is 12.3. The zero-order valence-corrected chi connectivity index (χ0v) is 11.0. The second kappa shape index (κ2) is 5.35. The Labute approximate surface area is 98.8 Å². The van der Waals surface area contributed by atoms with E-state index in [1.54, 1.807) is 7.11 Å². The molecule has 1 atom stereocenters. The second-order valence-electron chi connectivity index (χ2n) is 4.89. The van der Waals surface area contributed by atoms with Crippen LogP contribution in [0, 0.1) is 19.8 Å². The van der Waals surface area contributed by atoms with E-state index in [0.29, 0.717) is 5.92 Å². The number of benzene rings is 1. The molecule has 0 saturated carbocycles. The van der Waals surface area contributed by atoms with Gasteiger partial charge in [-0.2, -0.15) is 0 Å². The van der Waals surface area contributed by atoms with Crippen LogP contribution in [-0.4, -0.2) is 13.2 Å². The fourth-order valence-electron chi connectivity index (χ4n) is 1.98. The van der Waals surface area contributed by atoms with Crippen LogP contribution in [0.15, 0.2) is 12.1 Å². The number of hydrogen-bond acceptors (Lipinski definition) is 2. The summed E-state index contributed by atoms with van der Waals surface area (Å²) < 4.78 is 5.46. The van der Waals surface area contributed by atoms with Gasteiger partial charge in [0.05, 0.1) is 7.11 Å². The van der Waals surface area contributed by atoms with Gasteiger partial charge in [0.1, 0.15) is 5.75 Å². The molecule has 0 spiro atoms. The largest absolute Gasteiger partial charge is 0.496 e. The summed E-state index contributed by atoms with van der Waals surface area (Å²) >= 11 is 0. The van der Waals surface area contributed by atoms with Gasteiger partial charge in [-0.15, -0.1) is 0 Å². The van der Waals surface area contributed by atoms with E-state index >= 15 is 0 Å². The van der Waals surface area contributed by atoms with Gasteiger partial charge < -0.3 is 10.5 Å². The minimum atomic E-state index is 0.190. The lowest BCUT2D eigenvalue weighted by Gasteiger charge is -2.19. The van der Waals surface area contributed by atoms with E-state index in [4.69, 9.17) is 10.5 Å². The maximum atomic E-state index is 6.12. The van der Waals surface area contributed by atoms with E-state index < -0.39 is 0 Å². The van der Waals surface area contributed by atoms with Crippen molar-refractivity contribution >= 4 is 0 Å². The van der Waals surface area contributed by atoms with Gasteiger partial charge >= 0.3 is 0 Å². The fraction of sp³-hybridized carbons (Fsp3) is 0.571. The molecule has 0 fully saturated rings. The minimum Gasteiger partial charge on any atom is -0.496 e. The topological polar surface area (TPSA) is 35.2 Å². The molecule has 1 unspecified atom stereocenters. The molecular weight excluding hydrogens is 198 g/mol. The summed E-state index contributed by atoms with van der Waals surface area (Å²) in [7, 11) is 1.72. The van der Waals surface area contributed by atoms with Crippen molar-refractivity contribution in [3.63, 3.8) is 0 Å². The molecule has 2 N–H and O–H groups in total. The number of rotatable bonds is 4. The average molecular weight is 221 g/mol. The Morgan fingerprint density at radius 1 is 1.25 bits per heavy atom. The van der Waals surface area contributed by atoms with Crippen LogP contribution in [0.2, 0.25) is 0 Å². The molecule has 16 heavy (non-hydrogen) atoms. The van der Waals surface area contributed by atoms with Crippen LogP contribution in [0.5, 0.6) is 5.75 Å². The van der Waals surface area contributed by atoms with Crippen LogP contribution in [0.1, 0.15) is 30.5 Å². The van der Waals surface area contributed by atoms with Crippen molar-refractivity contribution < 1.29 is 4.74 Å². The van der Waals surface area contributed by atoms with Gasteiger partial charge in [0.15, 0.2) is 0 Å². The first-order valence-corrected chi connectivity index (χ1v) is 5.85. The third-order valence-electron chi connectivity index (χ3n) is 3.01. The molecule has 2 heteroatoms. The maximum absolute atomic E-state index is 6.12. The Hall–Kier alpha value is -1.02. The Morgan fingerprint density at radius 2 is 1.88 bits per heavy atom. The first kappa shape index (κ1) is 13.0. The third kappa shape index (κ3) is 2.99. The third-order valence-corrected chi connectivity index (χ3v) is 3.01. The zero-order valence-electron chi connectivity index (χ0n) is 11.0. The minimum absolute atomic E-state index is 0.190. The lowest BCUT2D eigenvalue weighted by molar-refractivity contribution is 0.400. The molecule has 0 aromatic heterocycles. The average Bonchev–Trinajstić information content (AvgIpc) is 2.16. The van der Waals surface area contributed by atoms with Gasteiger partial charge in [0, 0.05) is 6.04 Å². The lowest BCUT2D eigenvalue weighted by atomic mass is 9.94. The smallest absolute Gasteiger partial charge is 0.125 e. The summed E-state index contributed by atoms with van der Waals surface area (Å²) in [4.78, 5) is 0. The van der Waals surface area contributed by atoms with Crippen molar-refractivity contribution in [2.75, 3.05) is 7.11 Å². The normalized spacial score (nSPS) is 12.9. The van der Waals surface area contributed by atoms with Crippen LogP contribution in [0.4, 0.5) is 0 Å². The molecule has 0 saturated heterocycles. The summed E-state index contributed by atoms with van der Waals surface area (Å²) in [5.41, 5.74) is 9.80. The second-order valence-corrected chi connectivity index (χ2v) is 4.89. The predicted molar refractivity (Wildman–Crippen MR) is 69.0 cm³/mol. The molecule has 0 aliphatic rings. The van der Waals surface area contributed by atoms with Crippen molar-refractivity contribution in [1.82, 2.24) is 0 Å². The molecule has 0 aliphatic carbocycles. The Morgan fingerprint density at radius 3 is 2.38 bits per heavy atom. The summed E-state index contributed by atoms with van der Waals surface area (Å²) in [6.07, 6.45) is 0.878. The van der Waals surface area contributed by atoms with Gasteiger partial charge in [-0.1, -0.05) is 31.5 Å². The predicted octanol–water partition coefficient (Wildman–Crippen LogP) is 2.84. The highest BCUT2D eigenvalue weighted by Gasteiger charge is 2.13. The molecule has 1 aromatic rings. The molecule has 2 nitrogen and oxygen atoms in total. The van der Waals surface area contributed by atoms with Gasteiger partial charge in [-0.05, 0) is 37.3 Å². The van der Waals surface area contributed by atoms with E-state index in [2.05, 4.69) is 39.8 Å². The first-order chi connectivity index (χ1) is 7.45. The molecule has 0 bridgehead atoms. The Kier molecular flexibility index (Phi) is 4.36. The Balaban J connectivity index is 3.02. The summed E-state index contributed by atoms with van der Waals surface area (Å²) in [5.74, 6) is 1.48. The number of nitrogens with two attached hydrogens (primary N) is 1. The summed E-state index contributed by atoms with van der Waals surface area (Å²) in [5, 5.41) is 0. The number of aryl methyl sites for hydroxylation is 2. The van der Waals surface area contributed by atoms with E-state index in [1.165, 1.54) is 16.7 Å². The van der Waals surface area contributed by atoms with Gasteiger partial charge in [0.25, 0.3) is 0 Å². The molecule has 90 valence electrons. The van der Waals surface area contributed by atoms with Gasteiger partial charge in [0.2, 0.25) is 0 Å². The summed E-state index contributed by atoms with van der Waals surface area (Å²) in [6, 6.07) is 4.51. The molecule has 1 rings (SSSR count). The summed E-state index contributed by atoms with van der Waals surface area (Å²) in [6.45, 7) is 8.49. The van der Waals surface area contributed by atoms with Gasteiger partial charge in [-0.3, -0.25) is 0 Å². The fourth-order valence-corrected chi connectivity index (χ4v) is 1.98. The molecule has 1 aromatic carbocycles. The quantitative estimate of drug-likeness (QED) is 0.848. The first-order valence-electron chi connectivity index (χ1n) is 5.85. The van der Waals surface area contributed by atoms with Crippen molar-refractivity contribution in [1.29, 1.82) is 0 Å². The standard InChI is InChI=1S/C14H23NO/c1-9(2)13(15)8-12-7-10(3)6-11(4)14(12)16-5/h6-7,9,13H,8,15H2,1-5H3. The van der Waals surface area contributed by atoms with Crippen LogP contribution in [0.3, 0.4) is 0 Å². The molecule has 0 aliphatic heterocycles. The van der Waals surface area contributed by atoms with Crippen LogP contribution in [-0.2, 0) is 6.42 Å². The SMILES string of the molecule is COc1c(C)cc(C)cc1CC(N)C(C)C. The number of ether oxygens (including phenoxy) is 1. The van der Waals surface area contributed by atoms with Crippen molar-refractivity contribution in [2.24, 2.45) is 11.7 Å². The molecule has 0 radical (unpaired) electrons. The van der Waals surface area contributed by atoms with Crippen LogP contribution < -0.4 is 10.5 Å². The lowest BCUT2D eigenvalue weighted by Crippen LogP contribution is -2.29. The number of hydrogen-bond donors (Lipinski definition) is 1. The number of methoxy groups -OCH3 is 1.